The molecule has 1 aromatic carbocycles. The number of amides is 1. The number of piperidine rings is 1. The average molecular weight is 466 g/mol. The Hall–Kier alpha value is -2.64. The van der Waals surface area contributed by atoms with Crippen LogP contribution in [0.1, 0.15) is 44.2 Å². The Kier molecular flexibility index (Phi) is 5.07. The first-order chi connectivity index (χ1) is 16.0. The first kappa shape index (κ1) is 20.9. The van der Waals surface area contributed by atoms with Crippen molar-refractivity contribution in [2.75, 3.05) is 31.6 Å². The van der Waals surface area contributed by atoms with Gasteiger partial charge in [0.1, 0.15) is 12.4 Å². The minimum absolute atomic E-state index is 0.104. The Labute approximate surface area is 198 Å². The van der Waals surface area contributed by atoms with Crippen LogP contribution in [0.3, 0.4) is 0 Å². The third-order valence-corrected chi connectivity index (χ3v) is 7.90. The molecule has 1 N–H and O–H groups in total. The van der Waals surface area contributed by atoms with Gasteiger partial charge in [-0.25, -0.2) is 9.67 Å². The molecule has 4 heterocycles. The third-order valence-electron chi connectivity index (χ3n) is 7.67. The van der Waals surface area contributed by atoms with Crippen molar-refractivity contribution in [3.8, 4) is 5.75 Å². The average Bonchev–Trinajstić information content (AvgIpc) is 3.32. The fourth-order valence-electron chi connectivity index (χ4n) is 5.66. The Bertz CT molecular complexity index is 1210. The number of halogens is 1. The van der Waals surface area contributed by atoms with Gasteiger partial charge in [0, 0.05) is 22.6 Å². The van der Waals surface area contributed by atoms with Crippen molar-refractivity contribution >= 4 is 34.2 Å². The Morgan fingerprint density at radius 2 is 2.03 bits per heavy atom. The molecule has 3 aliphatic rings. The fraction of sp³-hybridized carbons (Fsp3) is 0.480. The standard InChI is InChI=1S/C25H28ClN5O2/c1-16-10-19(11-16)31-23-17(14-28-31)12-20(15-27-23)33-9-8-30-6-4-25(5-7-30)21-13-18(26)2-3-22(21)29-24(25)32/h2-3,12-16,19H,4-11H2,1H3,(H,29,32). The fourth-order valence-corrected chi connectivity index (χ4v) is 5.83. The van der Waals surface area contributed by atoms with E-state index in [2.05, 4.69) is 31.9 Å². The second-order valence-electron chi connectivity index (χ2n) is 9.82. The topological polar surface area (TPSA) is 72.3 Å². The molecule has 0 atom stereocenters. The zero-order valence-corrected chi connectivity index (χ0v) is 19.5. The molecule has 1 aliphatic carbocycles. The zero-order valence-electron chi connectivity index (χ0n) is 18.8. The minimum Gasteiger partial charge on any atom is -0.491 e. The van der Waals surface area contributed by atoms with Gasteiger partial charge in [0.15, 0.2) is 5.65 Å². The van der Waals surface area contributed by atoms with Gasteiger partial charge in [-0.3, -0.25) is 9.69 Å². The van der Waals surface area contributed by atoms with Crippen molar-refractivity contribution in [2.45, 2.75) is 44.1 Å². The molecule has 1 spiro atoms. The number of nitrogens with one attached hydrogen (secondary N) is 1. The number of fused-ring (bicyclic) bond motifs is 3. The number of anilines is 1. The van der Waals surface area contributed by atoms with Crippen LogP contribution in [0.4, 0.5) is 5.69 Å². The predicted molar refractivity (Wildman–Crippen MR) is 128 cm³/mol. The van der Waals surface area contributed by atoms with Gasteiger partial charge < -0.3 is 10.1 Å². The van der Waals surface area contributed by atoms with E-state index in [0.717, 1.165) is 66.4 Å². The molecule has 1 amide bonds. The van der Waals surface area contributed by atoms with Crippen molar-refractivity contribution in [3.05, 3.63) is 47.2 Å². The van der Waals surface area contributed by atoms with E-state index in [1.165, 1.54) is 12.8 Å². The molecule has 8 heteroatoms. The van der Waals surface area contributed by atoms with Gasteiger partial charge in [0.2, 0.25) is 5.91 Å². The van der Waals surface area contributed by atoms with Crippen molar-refractivity contribution in [3.63, 3.8) is 0 Å². The lowest BCUT2D eigenvalue weighted by Gasteiger charge is -2.37. The molecule has 1 saturated heterocycles. The van der Waals surface area contributed by atoms with Gasteiger partial charge in [-0.05, 0) is 74.5 Å². The first-order valence-electron chi connectivity index (χ1n) is 11.8. The molecule has 7 nitrogen and oxygen atoms in total. The van der Waals surface area contributed by atoms with Crippen LogP contribution in [0.25, 0.3) is 11.0 Å². The SMILES string of the molecule is CC1CC(n2ncc3cc(OCCN4CCC5(CC4)C(=O)Nc4ccc(Cl)cc45)cnc32)C1. The quantitative estimate of drug-likeness (QED) is 0.603. The minimum atomic E-state index is -0.453. The highest BCUT2D eigenvalue weighted by molar-refractivity contribution is 6.31. The molecule has 0 radical (unpaired) electrons. The molecule has 2 aliphatic heterocycles. The van der Waals surface area contributed by atoms with E-state index in [1.54, 1.807) is 6.20 Å². The van der Waals surface area contributed by atoms with E-state index < -0.39 is 5.41 Å². The molecular weight excluding hydrogens is 438 g/mol. The maximum atomic E-state index is 12.8. The summed E-state index contributed by atoms with van der Waals surface area (Å²) in [5.74, 6) is 1.65. The molecule has 0 unspecified atom stereocenters. The summed E-state index contributed by atoms with van der Waals surface area (Å²) < 4.78 is 8.08. The van der Waals surface area contributed by atoms with Crippen LogP contribution in [-0.4, -0.2) is 51.8 Å². The highest BCUT2D eigenvalue weighted by atomic mass is 35.5. The summed E-state index contributed by atoms with van der Waals surface area (Å²) in [6.07, 6.45) is 7.62. The zero-order chi connectivity index (χ0) is 22.6. The van der Waals surface area contributed by atoms with E-state index in [9.17, 15) is 4.79 Å². The molecule has 172 valence electrons. The smallest absolute Gasteiger partial charge is 0.235 e. The monoisotopic (exact) mass is 465 g/mol. The van der Waals surface area contributed by atoms with Crippen LogP contribution >= 0.6 is 11.6 Å². The van der Waals surface area contributed by atoms with Gasteiger partial charge in [0.05, 0.1) is 23.9 Å². The van der Waals surface area contributed by atoms with E-state index in [4.69, 9.17) is 16.3 Å². The number of ether oxygens (including phenoxy) is 1. The second kappa shape index (κ2) is 7.99. The number of benzene rings is 1. The van der Waals surface area contributed by atoms with Crippen LogP contribution in [-0.2, 0) is 10.2 Å². The molecule has 3 aromatic rings. The molecule has 0 bridgehead atoms. The van der Waals surface area contributed by atoms with Crippen molar-refractivity contribution in [1.29, 1.82) is 0 Å². The lowest BCUT2D eigenvalue weighted by atomic mass is 9.73. The van der Waals surface area contributed by atoms with Gasteiger partial charge in [-0.15, -0.1) is 0 Å². The number of carbonyl (C=O) groups excluding carboxylic acids is 1. The Balaban J connectivity index is 1.05. The van der Waals surface area contributed by atoms with Crippen molar-refractivity contribution in [1.82, 2.24) is 19.7 Å². The van der Waals surface area contributed by atoms with Crippen molar-refractivity contribution < 1.29 is 9.53 Å². The summed E-state index contributed by atoms with van der Waals surface area (Å²) in [7, 11) is 0. The number of nitrogens with zero attached hydrogens (tertiary/aromatic N) is 4. The van der Waals surface area contributed by atoms with Gasteiger partial charge >= 0.3 is 0 Å². The normalized spacial score (nSPS) is 24.0. The molecular formula is C25H28ClN5O2. The number of carbonyl (C=O) groups is 1. The van der Waals surface area contributed by atoms with Gasteiger partial charge in [0.25, 0.3) is 0 Å². The molecule has 2 aromatic heterocycles. The van der Waals surface area contributed by atoms with E-state index >= 15 is 0 Å². The number of aromatic nitrogens is 3. The molecule has 6 rings (SSSR count). The lowest BCUT2D eigenvalue weighted by Crippen LogP contribution is -2.47. The summed E-state index contributed by atoms with van der Waals surface area (Å²) in [5.41, 5.74) is 2.44. The van der Waals surface area contributed by atoms with Crippen LogP contribution in [0.2, 0.25) is 5.02 Å². The number of hydrogen-bond donors (Lipinski definition) is 1. The largest absolute Gasteiger partial charge is 0.491 e. The number of hydrogen-bond acceptors (Lipinski definition) is 5. The van der Waals surface area contributed by atoms with Crippen LogP contribution in [0, 0.1) is 5.92 Å². The number of rotatable bonds is 5. The highest BCUT2D eigenvalue weighted by Gasteiger charge is 2.48. The highest BCUT2D eigenvalue weighted by Crippen LogP contribution is 2.45. The van der Waals surface area contributed by atoms with E-state index in [-0.39, 0.29) is 5.91 Å². The molecule has 2 fully saturated rings. The predicted octanol–water partition coefficient (Wildman–Crippen LogP) is 4.42. The first-order valence-corrected chi connectivity index (χ1v) is 12.2. The maximum Gasteiger partial charge on any atom is 0.235 e. The van der Waals surface area contributed by atoms with Crippen LogP contribution in [0.5, 0.6) is 5.75 Å². The Morgan fingerprint density at radius 3 is 2.82 bits per heavy atom. The second-order valence-corrected chi connectivity index (χ2v) is 10.3. The maximum absolute atomic E-state index is 12.8. The number of pyridine rings is 1. The molecule has 1 saturated carbocycles. The lowest BCUT2D eigenvalue weighted by molar-refractivity contribution is -0.122. The van der Waals surface area contributed by atoms with Gasteiger partial charge in [-0.1, -0.05) is 18.5 Å². The van der Waals surface area contributed by atoms with Gasteiger partial charge in [-0.2, -0.15) is 5.10 Å². The summed E-state index contributed by atoms with van der Waals surface area (Å²) in [6, 6.07) is 8.19. The van der Waals surface area contributed by atoms with E-state index in [1.807, 2.05) is 30.5 Å². The van der Waals surface area contributed by atoms with Crippen LogP contribution in [0.15, 0.2) is 36.7 Å². The Morgan fingerprint density at radius 1 is 1.21 bits per heavy atom. The van der Waals surface area contributed by atoms with Crippen molar-refractivity contribution in [2.24, 2.45) is 5.92 Å². The van der Waals surface area contributed by atoms with Crippen LogP contribution < -0.4 is 10.1 Å². The molecule has 33 heavy (non-hydrogen) atoms. The number of likely N-dealkylation sites (tertiary alicyclic amines) is 1. The van der Waals surface area contributed by atoms with E-state index in [0.29, 0.717) is 17.7 Å². The summed E-state index contributed by atoms with van der Waals surface area (Å²) >= 11 is 6.22. The summed E-state index contributed by atoms with van der Waals surface area (Å²) in [6.45, 7) is 5.39. The summed E-state index contributed by atoms with van der Waals surface area (Å²) in [5, 5.41) is 9.31. The summed E-state index contributed by atoms with van der Waals surface area (Å²) in [4.78, 5) is 19.8. The third kappa shape index (κ3) is 3.58.